The smallest absolute Gasteiger partial charge is 0.229 e. The zero-order valence-electron chi connectivity index (χ0n) is 14.0. The second-order valence-corrected chi connectivity index (χ2v) is 7.09. The molecule has 1 atom stereocenters. The van der Waals surface area contributed by atoms with Crippen molar-refractivity contribution in [1.29, 1.82) is 0 Å². The van der Waals surface area contributed by atoms with Gasteiger partial charge in [-0.1, -0.05) is 30.3 Å². The molecule has 2 aromatic heterocycles. The molecule has 3 aromatic rings. The lowest BCUT2D eigenvalue weighted by Gasteiger charge is -2.24. The molecule has 0 spiro atoms. The number of hydrogen-bond donors (Lipinski definition) is 1. The molecule has 1 aliphatic rings. The summed E-state index contributed by atoms with van der Waals surface area (Å²) in [5, 5.41) is 5.95. The van der Waals surface area contributed by atoms with Gasteiger partial charge in [-0.25, -0.2) is 15.0 Å². The first-order valence-electron chi connectivity index (χ1n) is 8.66. The van der Waals surface area contributed by atoms with E-state index in [-0.39, 0.29) is 0 Å². The van der Waals surface area contributed by atoms with Gasteiger partial charge in [0.2, 0.25) is 5.95 Å². The summed E-state index contributed by atoms with van der Waals surface area (Å²) in [7, 11) is 0. The van der Waals surface area contributed by atoms with E-state index in [2.05, 4.69) is 50.5 Å². The number of hydrogen-bond acceptors (Lipinski definition) is 6. The van der Waals surface area contributed by atoms with Crippen LogP contribution in [0.25, 0.3) is 0 Å². The fourth-order valence-corrected chi connectivity index (χ4v) is 3.87. The first-order valence-corrected chi connectivity index (χ1v) is 9.54. The lowest BCUT2D eigenvalue weighted by Crippen LogP contribution is -2.26. The van der Waals surface area contributed by atoms with Gasteiger partial charge < -0.3 is 5.32 Å². The summed E-state index contributed by atoms with van der Waals surface area (Å²) in [6, 6.07) is 13.1. The summed E-state index contributed by atoms with van der Waals surface area (Å²) in [4.78, 5) is 15.8. The van der Waals surface area contributed by atoms with Crippen molar-refractivity contribution in [2.45, 2.75) is 25.3 Å². The Labute approximate surface area is 151 Å². The van der Waals surface area contributed by atoms with Gasteiger partial charge in [-0.2, -0.15) is 0 Å². The van der Waals surface area contributed by atoms with Gasteiger partial charge in [0.25, 0.3) is 0 Å². The maximum absolute atomic E-state index is 4.74. The van der Waals surface area contributed by atoms with E-state index in [1.54, 1.807) is 17.5 Å². The van der Waals surface area contributed by atoms with Crippen molar-refractivity contribution in [3.63, 3.8) is 0 Å². The van der Waals surface area contributed by atoms with Crippen LogP contribution >= 0.6 is 11.3 Å². The molecule has 3 heterocycles. The Morgan fingerprint density at radius 1 is 1.12 bits per heavy atom. The standard InChI is InChI=1S/C19H21N5S/c1-2-5-15(6-3-1)9-13-24-12-4-7-17(24)16-8-10-20-18(22-16)23-19-21-11-14-25-19/h1-3,5-6,8,10-11,14,17H,4,7,9,12-13H2,(H,20,21,22,23)/t17-/m0/s1. The van der Waals surface area contributed by atoms with E-state index >= 15 is 0 Å². The van der Waals surface area contributed by atoms with Crippen LogP contribution in [0.5, 0.6) is 0 Å². The van der Waals surface area contributed by atoms with Crippen LogP contribution in [0.2, 0.25) is 0 Å². The Balaban J connectivity index is 1.44. The number of likely N-dealkylation sites (tertiary alicyclic amines) is 1. The molecular weight excluding hydrogens is 330 g/mol. The molecule has 1 N–H and O–H groups in total. The maximum atomic E-state index is 4.74. The van der Waals surface area contributed by atoms with Gasteiger partial charge in [-0.15, -0.1) is 11.3 Å². The van der Waals surface area contributed by atoms with Gasteiger partial charge in [0, 0.05) is 24.3 Å². The number of benzene rings is 1. The van der Waals surface area contributed by atoms with E-state index in [0.29, 0.717) is 12.0 Å². The quantitative estimate of drug-likeness (QED) is 0.726. The van der Waals surface area contributed by atoms with Crippen LogP contribution < -0.4 is 5.32 Å². The fraction of sp³-hybridized carbons (Fsp3) is 0.316. The Kier molecular flexibility index (Phi) is 4.99. The third-order valence-electron chi connectivity index (χ3n) is 4.56. The molecule has 5 nitrogen and oxygen atoms in total. The third-order valence-corrected chi connectivity index (χ3v) is 5.25. The molecule has 0 saturated carbocycles. The third kappa shape index (κ3) is 4.03. The Morgan fingerprint density at radius 3 is 2.88 bits per heavy atom. The van der Waals surface area contributed by atoms with Gasteiger partial charge in [0.1, 0.15) is 0 Å². The largest absolute Gasteiger partial charge is 0.300 e. The summed E-state index contributed by atoms with van der Waals surface area (Å²) < 4.78 is 0. The lowest BCUT2D eigenvalue weighted by atomic mass is 10.1. The SMILES string of the molecule is c1ccc(CCN2CCC[C@H]2c2ccnc(Nc3nccs3)n2)cc1. The van der Waals surface area contributed by atoms with E-state index in [1.165, 1.54) is 12.0 Å². The highest BCUT2D eigenvalue weighted by Crippen LogP contribution is 2.31. The fourth-order valence-electron chi connectivity index (χ4n) is 3.35. The molecule has 0 unspecified atom stereocenters. The number of nitrogens with zero attached hydrogens (tertiary/aromatic N) is 4. The van der Waals surface area contributed by atoms with Gasteiger partial charge in [-0.05, 0) is 37.4 Å². The second kappa shape index (κ2) is 7.72. The van der Waals surface area contributed by atoms with Crippen LogP contribution in [-0.4, -0.2) is 32.9 Å². The normalized spacial score (nSPS) is 17.7. The van der Waals surface area contributed by atoms with Crippen LogP contribution in [0, 0.1) is 0 Å². The van der Waals surface area contributed by atoms with Crippen molar-refractivity contribution in [3.05, 3.63) is 65.4 Å². The summed E-state index contributed by atoms with van der Waals surface area (Å²) >= 11 is 1.55. The van der Waals surface area contributed by atoms with Gasteiger partial charge in [0.05, 0.1) is 11.7 Å². The van der Waals surface area contributed by atoms with Crippen LogP contribution in [0.1, 0.15) is 30.1 Å². The lowest BCUT2D eigenvalue weighted by molar-refractivity contribution is 0.256. The van der Waals surface area contributed by atoms with Gasteiger partial charge in [-0.3, -0.25) is 4.90 Å². The van der Waals surface area contributed by atoms with Crippen molar-refractivity contribution in [3.8, 4) is 0 Å². The monoisotopic (exact) mass is 351 g/mol. The Morgan fingerprint density at radius 2 is 2.04 bits per heavy atom. The first kappa shape index (κ1) is 16.2. The Bertz CT molecular complexity index is 791. The van der Waals surface area contributed by atoms with Crippen molar-refractivity contribution in [2.75, 3.05) is 18.4 Å². The molecule has 0 radical (unpaired) electrons. The minimum atomic E-state index is 0.378. The molecule has 0 amide bonds. The van der Waals surface area contributed by atoms with E-state index in [9.17, 15) is 0 Å². The topological polar surface area (TPSA) is 53.9 Å². The predicted molar refractivity (Wildman–Crippen MR) is 101 cm³/mol. The molecule has 0 aliphatic carbocycles. The minimum absolute atomic E-state index is 0.378. The molecule has 4 rings (SSSR count). The number of aromatic nitrogens is 3. The highest BCUT2D eigenvalue weighted by molar-refractivity contribution is 7.13. The Hall–Kier alpha value is -2.31. The van der Waals surface area contributed by atoms with Crippen LogP contribution in [0.3, 0.4) is 0 Å². The van der Waals surface area contributed by atoms with Gasteiger partial charge >= 0.3 is 0 Å². The molecule has 6 heteroatoms. The van der Waals surface area contributed by atoms with Crippen molar-refractivity contribution < 1.29 is 0 Å². The van der Waals surface area contributed by atoms with E-state index < -0.39 is 0 Å². The minimum Gasteiger partial charge on any atom is -0.300 e. The maximum Gasteiger partial charge on any atom is 0.229 e. The summed E-state index contributed by atoms with van der Waals surface area (Å²) in [6.07, 6.45) is 7.07. The highest BCUT2D eigenvalue weighted by Gasteiger charge is 2.27. The number of anilines is 2. The summed E-state index contributed by atoms with van der Waals surface area (Å²) in [6.45, 7) is 2.20. The zero-order chi connectivity index (χ0) is 16.9. The zero-order valence-corrected chi connectivity index (χ0v) is 14.8. The van der Waals surface area contributed by atoms with E-state index in [4.69, 9.17) is 4.98 Å². The molecular formula is C19H21N5S. The number of nitrogens with one attached hydrogen (secondary N) is 1. The van der Waals surface area contributed by atoms with Crippen LogP contribution in [0.15, 0.2) is 54.2 Å². The first-order chi connectivity index (χ1) is 12.4. The van der Waals surface area contributed by atoms with E-state index in [1.807, 2.05) is 17.6 Å². The van der Waals surface area contributed by atoms with Gasteiger partial charge in [0.15, 0.2) is 5.13 Å². The van der Waals surface area contributed by atoms with Crippen molar-refractivity contribution in [1.82, 2.24) is 19.9 Å². The molecule has 1 aliphatic heterocycles. The van der Waals surface area contributed by atoms with E-state index in [0.717, 1.165) is 36.8 Å². The molecule has 1 aromatic carbocycles. The van der Waals surface area contributed by atoms with Crippen LogP contribution in [-0.2, 0) is 6.42 Å². The average molecular weight is 351 g/mol. The molecule has 25 heavy (non-hydrogen) atoms. The second-order valence-electron chi connectivity index (χ2n) is 6.20. The number of thiazole rings is 1. The molecule has 128 valence electrons. The summed E-state index contributed by atoms with van der Waals surface area (Å²) in [5.41, 5.74) is 2.49. The van der Waals surface area contributed by atoms with Crippen molar-refractivity contribution in [2.24, 2.45) is 0 Å². The highest BCUT2D eigenvalue weighted by atomic mass is 32.1. The summed E-state index contributed by atoms with van der Waals surface area (Å²) in [5.74, 6) is 0.627. The molecule has 0 bridgehead atoms. The van der Waals surface area contributed by atoms with Crippen molar-refractivity contribution >= 4 is 22.4 Å². The molecule has 1 saturated heterocycles. The van der Waals surface area contributed by atoms with Crippen LogP contribution in [0.4, 0.5) is 11.1 Å². The predicted octanol–water partition coefficient (Wildman–Crippen LogP) is 4.06. The number of rotatable bonds is 6. The molecule has 1 fully saturated rings. The average Bonchev–Trinajstić information content (AvgIpc) is 3.33.